The molecule has 0 radical (unpaired) electrons. The molecule has 0 unspecified atom stereocenters. The molecule has 1 aromatic carbocycles. The predicted octanol–water partition coefficient (Wildman–Crippen LogP) is 1.82. The Hall–Kier alpha value is -1.51. The Morgan fingerprint density at radius 3 is 2.69 bits per heavy atom. The van der Waals surface area contributed by atoms with Crippen LogP contribution in [0.25, 0.3) is 0 Å². The van der Waals surface area contributed by atoms with E-state index >= 15 is 0 Å². The molecule has 70 valence electrons. The van der Waals surface area contributed by atoms with Gasteiger partial charge in [-0.1, -0.05) is 12.1 Å². The number of hydrogen-bond donors (Lipinski definition) is 1. The average Bonchev–Trinajstić information content (AvgIpc) is 2.16. The maximum Gasteiger partial charge on any atom is 0.340 e. The Labute approximate surface area is 77.7 Å². The number of ether oxygens (including phenoxy) is 1. The summed E-state index contributed by atoms with van der Waals surface area (Å²) in [5.74, 6) is -0.303. The largest absolute Gasteiger partial charge is 0.465 e. The lowest BCUT2D eigenvalue weighted by Gasteiger charge is -2.09. The zero-order valence-electron chi connectivity index (χ0n) is 8.05. The third-order valence-electron chi connectivity index (χ3n) is 1.93. The number of nitrogens with one attached hydrogen (secondary N) is 1. The van der Waals surface area contributed by atoms with Crippen LogP contribution >= 0.6 is 0 Å². The summed E-state index contributed by atoms with van der Waals surface area (Å²) >= 11 is 0. The van der Waals surface area contributed by atoms with Crippen molar-refractivity contribution in [3.05, 3.63) is 29.3 Å². The van der Waals surface area contributed by atoms with Crippen molar-refractivity contribution in [1.29, 1.82) is 0 Å². The van der Waals surface area contributed by atoms with Crippen LogP contribution in [0.15, 0.2) is 18.2 Å². The SMILES string of the molecule is CNc1cccc(C)c1C(=O)OC. The number of anilines is 1. The number of rotatable bonds is 2. The third-order valence-corrected chi connectivity index (χ3v) is 1.93. The van der Waals surface area contributed by atoms with Crippen molar-refractivity contribution in [2.75, 3.05) is 19.5 Å². The number of benzene rings is 1. The molecule has 0 heterocycles. The van der Waals surface area contributed by atoms with Gasteiger partial charge in [0.15, 0.2) is 0 Å². The number of methoxy groups -OCH3 is 1. The molecule has 1 N–H and O–H groups in total. The molecule has 0 atom stereocenters. The molecule has 3 nitrogen and oxygen atoms in total. The van der Waals surface area contributed by atoms with Crippen LogP contribution in [0, 0.1) is 6.92 Å². The Balaban J connectivity index is 3.22. The zero-order valence-corrected chi connectivity index (χ0v) is 8.05. The van der Waals surface area contributed by atoms with Gasteiger partial charge in [0.25, 0.3) is 0 Å². The summed E-state index contributed by atoms with van der Waals surface area (Å²) in [7, 11) is 3.16. The van der Waals surface area contributed by atoms with Gasteiger partial charge in [-0.15, -0.1) is 0 Å². The van der Waals surface area contributed by atoms with Crippen molar-refractivity contribution in [2.24, 2.45) is 0 Å². The first-order valence-corrected chi connectivity index (χ1v) is 4.06. The number of esters is 1. The summed E-state index contributed by atoms with van der Waals surface area (Å²) in [5, 5.41) is 2.95. The van der Waals surface area contributed by atoms with Crippen LogP contribution in [0.4, 0.5) is 5.69 Å². The van der Waals surface area contributed by atoms with Crippen molar-refractivity contribution < 1.29 is 9.53 Å². The van der Waals surface area contributed by atoms with Gasteiger partial charge in [0.05, 0.1) is 12.7 Å². The van der Waals surface area contributed by atoms with Gasteiger partial charge in [0.2, 0.25) is 0 Å². The van der Waals surface area contributed by atoms with Crippen LogP contribution in [0.5, 0.6) is 0 Å². The van der Waals surface area contributed by atoms with E-state index in [9.17, 15) is 4.79 Å². The summed E-state index contributed by atoms with van der Waals surface area (Å²) in [4.78, 5) is 11.4. The first-order chi connectivity index (χ1) is 6.20. The van der Waals surface area contributed by atoms with Crippen molar-refractivity contribution in [2.45, 2.75) is 6.92 Å². The van der Waals surface area contributed by atoms with E-state index in [2.05, 4.69) is 10.1 Å². The topological polar surface area (TPSA) is 38.3 Å². The van der Waals surface area contributed by atoms with Gasteiger partial charge >= 0.3 is 5.97 Å². The molecular formula is C10H13NO2. The number of carbonyl (C=O) groups is 1. The molecule has 13 heavy (non-hydrogen) atoms. The molecular weight excluding hydrogens is 166 g/mol. The molecule has 1 aromatic rings. The number of carbonyl (C=O) groups excluding carboxylic acids is 1. The van der Waals surface area contributed by atoms with E-state index < -0.39 is 0 Å². The van der Waals surface area contributed by atoms with Gasteiger partial charge in [-0.2, -0.15) is 0 Å². The highest BCUT2D eigenvalue weighted by Crippen LogP contribution is 2.19. The van der Waals surface area contributed by atoms with E-state index in [1.807, 2.05) is 25.1 Å². The van der Waals surface area contributed by atoms with Crippen molar-refractivity contribution in [3.8, 4) is 0 Å². The van der Waals surface area contributed by atoms with Gasteiger partial charge in [-0.05, 0) is 18.6 Å². The maximum atomic E-state index is 11.4. The molecule has 0 spiro atoms. The fraction of sp³-hybridized carbons (Fsp3) is 0.300. The molecule has 0 saturated carbocycles. The maximum absolute atomic E-state index is 11.4. The lowest BCUT2D eigenvalue weighted by atomic mass is 10.1. The molecule has 1 rings (SSSR count). The fourth-order valence-electron chi connectivity index (χ4n) is 1.25. The number of hydrogen-bond acceptors (Lipinski definition) is 3. The molecule has 0 amide bonds. The van der Waals surface area contributed by atoms with Crippen LogP contribution < -0.4 is 5.32 Å². The fourth-order valence-corrected chi connectivity index (χ4v) is 1.25. The zero-order chi connectivity index (χ0) is 9.84. The average molecular weight is 179 g/mol. The minimum atomic E-state index is -0.303. The van der Waals surface area contributed by atoms with E-state index in [-0.39, 0.29) is 5.97 Å². The van der Waals surface area contributed by atoms with Gasteiger partial charge in [-0.25, -0.2) is 4.79 Å². The lowest BCUT2D eigenvalue weighted by Crippen LogP contribution is -2.07. The quantitative estimate of drug-likeness (QED) is 0.704. The minimum Gasteiger partial charge on any atom is -0.465 e. The molecule has 0 saturated heterocycles. The predicted molar refractivity (Wildman–Crippen MR) is 52.1 cm³/mol. The second-order valence-electron chi connectivity index (χ2n) is 2.74. The summed E-state index contributed by atoms with van der Waals surface area (Å²) in [6.07, 6.45) is 0. The standard InChI is InChI=1S/C10H13NO2/c1-7-5-4-6-8(11-2)9(7)10(12)13-3/h4-6,11H,1-3H3. The van der Waals surface area contributed by atoms with Crippen LogP contribution in [0.1, 0.15) is 15.9 Å². The van der Waals surface area contributed by atoms with Gasteiger partial charge in [0.1, 0.15) is 0 Å². The summed E-state index contributed by atoms with van der Waals surface area (Å²) in [5.41, 5.74) is 2.32. The van der Waals surface area contributed by atoms with Gasteiger partial charge < -0.3 is 10.1 Å². The van der Waals surface area contributed by atoms with E-state index in [0.29, 0.717) is 5.56 Å². The molecule has 0 aliphatic heterocycles. The molecule has 3 heteroatoms. The minimum absolute atomic E-state index is 0.303. The highest BCUT2D eigenvalue weighted by molar-refractivity contribution is 5.97. The first-order valence-electron chi connectivity index (χ1n) is 4.06. The second-order valence-corrected chi connectivity index (χ2v) is 2.74. The van der Waals surface area contributed by atoms with Gasteiger partial charge in [-0.3, -0.25) is 0 Å². The Morgan fingerprint density at radius 2 is 2.15 bits per heavy atom. The van der Waals surface area contributed by atoms with Crippen LogP contribution in [0.3, 0.4) is 0 Å². The highest BCUT2D eigenvalue weighted by atomic mass is 16.5. The summed E-state index contributed by atoms with van der Waals surface area (Å²) in [6, 6.07) is 5.62. The monoisotopic (exact) mass is 179 g/mol. The lowest BCUT2D eigenvalue weighted by molar-refractivity contribution is 0.0601. The smallest absolute Gasteiger partial charge is 0.340 e. The second kappa shape index (κ2) is 3.94. The molecule has 0 aliphatic carbocycles. The normalized spacial score (nSPS) is 9.46. The number of aryl methyl sites for hydroxylation is 1. The Morgan fingerprint density at radius 1 is 1.46 bits per heavy atom. The van der Waals surface area contributed by atoms with Crippen molar-refractivity contribution in [1.82, 2.24) is 0 Å². The van der Waals surface area contributed by atoms with Crippen LogP contribution in [-0.2, 0) is 4.74 Å². The van der Waals surface area contributed by atoms with Crippen LogP contribution in [-0.4, -0.2) is 20.1 Å². The van der Waals surface area contributed by atoms with Crippen molar-refractivity contribution >= 4 is 11.7 Å². The highest BCUT2D eigenvalue weighted by Gasteiger charge is 2.12. The van der Waals surface area contributed by atoms with E-state index in [1.165, 1.54) is 7.11 Å². The van der Waals surface area contributed by atoms with Gasteiger partial charge in [0, 0.05) is 12.7 Å². The van der Waals surface area contributed by atoms with E-state index in [4.69, 9.17) is 0 Å². The molecule has 0 fully saturated rings. The van der Waals surface area contributed by atoms with Crippen LogP contribution in [0.2, 0.25) is 0 Å². The first kappa shape index (κ1) is 9.58. The van der Waals surface area contributed by atoms with Crippen molar-refractivity contribution in [3.63, 3.8) is 0 Å². The van der Waals surface area contributed by atoms with E-state index in [0.717, 1.165) is 11.3 Å². The molecule has 0 aromatic heterocycles. The third kappa shape index (κ3) is 1.80. The Kier molecular flexibility index (Phi) is 2.90. The summed E-state index contributed by atoms with van der Waals surface area (Å²) < 4.78 is 4.68. The van der Waals surface area contributed by atoms with E-state index in [1.54, 1.807) is 7.05 Å². The summed E-state index contributed by atoms with van der Waals surface area (Å²) in [6.45, 7) is 1.88. The molecule has 0 bridgehead atoms. The Bertz CT molecular complexity index is 321. The molecule has 0 aliphatic rings.